The number of carbonyl (C=O) groups excluding carboxylic acids is 1. The molecule has 0 aliphatic carbocycles. The Labute approximate surface area is 117 Å². The Balaban J connectivity index is 1.90. The van der Waals surface area contributed by atoms with E-state index in [1.165, 1.54) is 0 Å². The van der Waals surface area contributed by atoms with E-state index in [-0.39, 0.29) is 25.6 Å². The molecule has 5 atom stereocenters. The molecule has 114 valence electrons. The van der Waals surface area contributed by atoms with Gasteiger partial charge < -0.3 is 23.6 Å². The van der Waals surface area contributed by atoms with Crippen LogP contribution in [0, 0.1) is 10.1 Å². The molecule has 0 aromatic rings. The zero-order valence-corrected chi connectivity index (χ0v) is 11.6. The second-order valence-electron chi connectivity index (χ2n) is 4.33. The molecular formula is C10H15NO8S. The molecule has 2 fully saturated rings. The van der Waals surface area contributed by atoms with Crippen molar-refractivity contribution >= 4 is 17.1 Å². The number of ether oxygens (including phenoxy) is 3. The minimum atomic E-state index is -1.52. The molecule has 2 rings (SSSR count). The fourth-order valence-corrected chi connectivity index (χ4v) is 3.57. The topological polar surface area (TPSA) is 120 Å². The molecule has 0 aromatic heterocycles. The van der Waals surface area contributed by atoms with Crippen molar-refractivity contribution in [1.29, 1.82) is 0 Å². The van der Waals surface area contributed by atoms with Crippen molar-refractivity contribution in [3.05, 3.63) is 10.1 Å². The van der Waals surface area contributed by atoms with Crippen LogP contribution >= 0.6 is 0 Å². The molecule has 0 bridgehead atoms. The van der Waals surface area contributed by atoms with Gasteiger partial charge in [0.15, 0.2) is 11.4 Å². The van der Waals surface area contributed by atoms with Crippen molar-refractivity contribution in [2.45, 2.75) is 30.5 Å². The van der Waals surface area contributed by atoms with Crippen LogP contribution < -0.4 is 0 Å². The third-order valence-corrected chi connectivity index (χ3v) is 4.69. The molecule has 2 aliphatic rings. The summed E-state index contributed by atoms with van der Waals surface area (Å²) in [5, 5.41) is 8.92. The van der Waals surface area contributed by atoms with Crippen LogP contribution in [0.1, 0.15) is 6.92 Å². The third kappa shape index (κ3) is 3.32. The number of esters is 1. The average Bonchev–Trinajstić information content (AvgIpc) is 2.91. The SMILES string of the molecule is CCOC(=O)C[S+]([O-])[C@H]1CO[C@H]2[C@@H]1OC[C@H]2O[N+](=O)[O-]. The van der Waals surface area contributed by atoms with Gasteiger partial charge >= 0.3 is 5.97 Å². The maximum atomic E-state index is 12.1. The lowest BCUT2D eigenvalue weighted by molar-refractivity contribution is -0.769. The predicted molar refractivity (Wildman–Crippen MR) is 64.8 cm³/mol. The van der Waals surface area contributed by atoms with Crippen LogP contribution in [0.25, 0.3) is 0 Å². The molecule has 0 N–H and O–H groups in total. The highest BCUT2D eigenvalue weighted by Gasteiger charge is 2.54. The third-order valence-electron chi connectivity index (χ3n) is 3.09. The van der Waals surface area contributed by atoms with Gasteiger partial charge in [0.1, 0.15) is 12.2 Å². The molecule has 2 heterocycles. The summed E-state index contributed by atoms with van der Waals surface area (Å²) in [6.45, 7) is 2.00. The first-order valence-electron chi connectivity index (χ1n) is 6.10. The monoisotopic (exact) mass is 309 g/mol. The van der Waals surface area contributed by atoms with Crippen LogP contribution in [0.5, 0.6) is 0 Å². The zero-order chi connectivity index (χ0) is 14.7. The first kappa shape index (κ1) is 15.3. The van der Waals surface area contributed by atoms with Crippen LogP contribution in [0.4, 0.5) is 0 Å². The first-order chi connectivity index (χ1) is 9.52. The van der Waals surface area contributed by atoms with Crippen molar-refractivity contribution in [1.82, 2.24) is 0 Å². The summed E-state index contributed by atoms with van der Waals surface area (Å²) in [5.74, 6) is -0.791. The molecule has 0 saturated carbocycles. The number of rotatable bonds is 6. The Morgan fingerprint density at radius 2 is 2.10 bits per heavy atom. The van der Waals surface area contributed by atoms with Crippen molar-refractivity contribution < 1.29 is 33.5 Å². The summed E-state index contributed by atoms with van der Waals surface area (Å²) in [4.78, 5) is 26.1. The molecular weight excluding hydrogens is 294 g/mol. The summed E-state index contributed by atoms with van der Waals surface area (Å²) >= 11 is -1.52. The molecule has 20 heavy (non-hydrogen) atoms. The Morgan fingerprint density at radius 1 is 1.40 bits per heavy atom. The molecule has 1 unspecified atom stereocenters. The lowest BCUT2D eigenvalue weighted by atomic mass is 10.1. The van der Waals surface area contributed by atoms with Crippen molar-refractivity contribution in [2.24, 2.45) is 0 Å². The normalized spacial score (nSPS) is 33.5. The van der Waals surface area contributed by atoms with Gasteiger partial charge in [0, 0.05) is 0 Å². The van der Waals surface area contributed by atoms with Crippen molar-refractivity contribution in [3.63, 3.8) is 0 Å². The number of hydrogen-bond acceptors (Lipinski definition) is 8. The van der Waals surface area contributed by atoms with E-state index in [1.54, 1.807) is 6.92 Å². The largest absolute Gasteiger partial charge is 0.616 e. The summed E-state index contributed by atoms with van der Waals surface area (Å²) in [7, 11) is 0. The lowest BCUT2D eigenvalue weighted by Gasteiger charge is -2.19. The van der Waals surface area contributed by atoms with E-state index in [9.17, 15) is 19.5 Å². The smallest absolute Gasteiger partial charge is 0.356 e. The Bertz CT molecular complexity index is 380. The van der Waals surface area contributed by atoms with Crippen molar-refractivity contribution in [2.75, 3.05) is 25.6 Å². The van der Waals surface area contributed by atoms with E-state index < -0.39 is 45.8 Å². The van der Waals surface area contributed by atoms with E-state index in [2.05, 4.69) is 4.84 Å². The van der Waals surface area contributed by atoms with Gasteiger partial charge in [-0.2, -0.15) is 0 Å². The number of nitrogens with zero attached hydrogens (tertiary/aromatic N) is 1. The molecule has 2 aliphatic heterocycles. The maximum Gasteiger partial charge on any atom is 0.356 e. The highest BCUT2D eigenvalue weighted by atomic mass is 32.2. The second-order valence-corrected chi connectivity index (χ2v) is 5.99. The molecule has 0 amide bonds. The van der Waals surface area contributed by atoms with Gasteiger partial charge in [-0.1, -0.05) is 0 Å². The molecule has 2 saturated heterocycles. The minimum Gasteiger partial charge on any atom is -0.616 e. The molecule has 0 spiro atoms. The highest BCUT2D eigenvalue weighted by Crippen LogP contribution is 2.32. The van der Waals surface area contributed by atoms with E-state index in [0.29, 0.717) is 0 Å². The number of fused-ring (bicyclic) bond motifs is 1. The fourth-order valence-electron chi connectivity index (χ4n) is 2.28. The van der Waals surface area contributed by atoms with Crippen LogP contribution in [0.3, 0.4) is 0 Å². The minimum absolute atomic E-state index is 0.00339. The Kier molecular flexibility index (Phi) is 5.02. The quantitative estimate of drug-likeness (QED) is 0.266. The van der Waals surface area contributed by atoms with E-state index in [1.807, 2.05) is 0 Å². The second kappa shape index (κ2) is 6.57. The van der Waals surface area contributed by atoms with Gasteiger partial charge in [0.2, 0.25) is 5.75 Å². The number of carbonyl (C=O) groups is 1. The predicted octanol–water partition coefficient (Wildman–Crippen LogP) is -0.959. The van der Waals surface area contributed by atoms with Crippen LogP contribution in [-0.2, 0) is 35.0 Å². The van der Waals surface area contributed by atoms with Gasteiger partial charge in [-0.15, -0.1) is 10.1 Å². The zero-order valence-electron chi connectivity index (χ0n) is 10.8. The fraction of sp³-hybridized carbons (Fsp3) is 0.900. The lowest BCUT2D eigenvalue weighted by Crippen LogP contribution is -2.39. The summed E-state index contributed by atoms with van der Waals surface area (Å²) < 4.78 is 27.5. The van der Waals surface area contributed by atoms with E-state index >= 15 is 0 Å². The van der Waals surface area contributed by atoms with Gasteiger partial charge in [0.25, 0.3) is 5.09 Å². The Hall–Kier alpha value is -1.10. The maximum absolute atomic E-state index is 12.1. The van der Waals surface area contributed by atoms with Gasteiger partial charge in [-0.05, 0) is 18.1 Å². The van der Waals surface area contributed by atoms with Crippen molar-refractivity contribution in [3.8, 4) is 0 Å². The van der Waals surface area contributed by atoms with Crippen LogP contribution in [0.15, 0.2) is 0 Å². The summed E-state index contributed by atoms with van der Waals surface area (Å²) in [6, 6.07) is 0. The Morgan fingerprint density at radius 3 is 2.75 bits per heavy atom. The first-order valence-corrected chi connectivity index (χ1v) is 7.48. The summed E-state index contributed by atoms with van der Waals surface area (Å²) in [5.41, 5.74) is 0. The molecule has 0 aromatic carbocycles. The van der Waals surface area contributed by atoms with Gasteiger partial charge in [-0.3, -0.25) is 0 Å². The van der Waals surface area contributed by atoms with Crippen LogP contribution in [-0.4, -0.2) is 64.7 Å². The number of hydrogen-bond donors (Lipinski definition) is 0. The molecule has 9 nitrogen and oxygen atoms in total. The molecule has 0 radical (unpaired) electrons. The molecule has 10 heteroatoms. The average molecular weight is 309 g/mol. The van der Waals surface area contributed by atoms with Gasteiger partial charge in [-0.25, -0.2) is 4.79 Å². The standard InChI is InChI=1S/C10H15NO8S/c1-2-16-8(12)5-20(15)7-4-18-9-6(19-11(13)14)3-17-10(7)9/h6-7,9-10H,2-5H2,1H3/t6-,7+,9-,10-,20?/m1/s1. The van der Waals surface area contributed by atoms with E-state index in [4.69, 9.17) is 14.2 Å². The van der Waals surface area contributed by atoms with Crippen LogP contribution in [0.2, 0.25) is 0 Å². The van der Waals surface area contributed by atoms with Gasteiger partial charge in [0.05, 0.1) is 19.8 Å². The summed E-state index contributed by atoms with van der Waals surface area (Å²) in [6.07, 6.45) is -2.01. The van der Waals surface area contributed by atoms with E-state index in [0.717, 1.165) is 0 Å². The highest BCUT2D eigenvalue weighted by molar-refractivity contribution is 7.92.